The van der Waals surface area contributed by atoms with Crippen LogP contribution in [0.1, 0.15) is 24.1 Å². The van der Waals surface area contributed by atoms with Gasteiger partial charge in [-0.25, -0.2) is 0 Å². The molecule has 0 bridgehead atoms. The van der Waals surface area contributed by atoms with Crippen LogP contribution in [-0.2, 0) is 17.8 Å². The van der Waals surface area contributed by atoms with Crippen molar-refractivity contribution in [2.45, 2.75) is 31.8 Å². The minimum Gasteiger partial charge on any atom is -0.351 e. The number of hydrogen-bond acceptors (Lipinski definition) is 4. The molecule has 5 nitrogen and oxygen atoms in total. The first-order valence-electron chi connectivity index (χ1n) is 9.83. The number of nitrogens with zero attached hydrogens (tertiary/aromatic N) is 3. The lowest BCUT2D eigenvalue weighted by Crippen LogP contribution is -2.50. The van der Waals surface area contributed by atoms with Crippen molar-refractivity contribution in [2.75, 3.05) is 33.2 Å². The fourth-order valence-electron chi connectivity index (χ4n) is 3.65. The predicted molar refractivity (Wildman–Crippen MR) is 108 cm³/mol. The van der Waals surface area contributed by atoms with Crippen molar-refractivity contribution >= 4 is 5.91 Å². The molecule has 1 N–H and O–H groups in total. The second-order valence-electron chi connectivity index (χ2n) is 7.44. The summed E-state index contributed by atoms with van der Waals surface area (Å²) in [5.41, 5.74) is 2.36. The molecule has 0 radical (unpaired) electrons. The largest absolute Gasteiger partial charge is 0.351 e. The molecule has 0 saturated carbocycles. The van der Waals surface area contributed by atoms with Crippen LogP contribution in [0.5, 0.6) is 0 Å². The van der Waals surface area contributed by atoms with Gasteiger partial charge in [0.1, 0.15) is 0 Å². The number of pyridine rings is 1. The topological polar surface area (TPSA) is 48.5 Å². The van der Waals surface area contributed by atoms with E-state index in [1.807, 2.05) is 30.1 Å². The molecular formula is C22H30N4O. The molecule has 1 atom stereocenters. The van der Waals surface area contributed by atoms with Gasteiger partial charge >= 0.3 is 0 Å². The number of rotatable bonds is 8. The third kappa shape index (κ3) is 6.77. The molecule has 0 spiro atoms. The highest BCUT2D eigenvalue weighted by Crippen LogP contribution is 2.11. The third-order valence-electron chi connectivity index (χ3n) is 5.00. The van der Waals surface area contributed by atoms with Gasteiger partial charge in [-0.3, -0.25) is 14.7 Å². The van der Waals surface area contributed by atoms with E-state index in [9.17, 15) is 4.79 Å². The Balaban J connectivity index is 1.39. The summed E-state index contributed by atoms with van der Waals surface area (Å²) in [5, 5.41) is 3.22. The molecule has 2 aromatic rings. The van der Waals surface area contributed by atoms with Gasteiger partial charge in [0.2, 0.25) is 5.91 Å². The van der Waals surface area contributed by atoms with Crippen molar-refractivity contribution in [1.82, 2.24) is 20.1 Å². The summed E-state index contributed by atoms with van der Waals surface area (Å²) >= 11 is 0. The lowest BCUT2D eigenvalue weighted by Gasteiger charge is -2.33. The van der Waals surface area contributed by atoms with Crippen molar-refractivity contribution in [3.63, 3.8) is 0 Å². The van der Waals surface area contributed by atoms with Crippen LogP contribution in [0.25, 0.3) is 0 Å². The Bertz CT molecular complexity index is 692. The van der Waals surface area contributed by atoms with Gasteiger partial charge in [0.25, 0.3) is 0 Å². The Morgan fingerprint density at radius 1 is 1.22 bits per heavy atom. The number of hydrogen-bond donors (Lipinski definition) is 1. The molecule has 3 rings (SSSR count). The molecule has 1 aliphatic rings. The second-order valence-corrected chi connectivity index (χ2v) is 7.44. The van der Waals surface area contributed by atoms with Gasteiger partial charge in [-0.2, -0.15) is 0 Å². The minimum atomic E-state index is 0.100. The molecule has 5 heteroatoms. The number of likely N-dealkylation sites (tertiary alicyclic amines) is 1. The number of nitrogens with one attached hydrogen (secondary N) is 1. The molecule has 1 amide bonds. The average Bonchev–Trinajstić information content (AvgIpc) is 2.68. The number of likely N-dealkylation sites (N-methyl/N-ethyl adjacent to an activating group) is 1. The summed E-state index contributed by atoms with van der Waals surface area (Å²) in [6.07, 6.45) is 5.06. The minimum absolute atomic E-state index is 0.100. The molecule has 144 valence electrons. The Morgan fingerprint density at radius 2 is 2.04 bits per heavy atom. The molecule has 0 aliphatic carbocycles. The van der Waals surface area contributed by atoms with Crippen LogP contribution in [0.4, 0.5) is 0 Å². The molecule has 1 aliphatic heterocycles. The SMILES string of the molecule is CN(CC(=O)NC1CCCN(CCc2ccccc2)C1)Cc1ccccn1. The van der Waals surface area contributed by atoms with Crippen molar-refractivity contribution in [1.29, 1.82) is 0 Å². The lowest BCUT2D eigenvalue weighted by molar-refractivity contribution is -0.123. The van der Waals surface area contributed by atoms with Crippen molar-refractivity contribution in [3.8, 4) is 0 Å². The van der Waals surface area contributed by atoms with Gasteiger partial charge in [0.15, 0.2) is 0 Å². The quantitative estimate of drug-likeness (QED) is 0.779. The summed E-state index contributed by atoms with van der Waals surface area (Å²) in [4.78, 5) is 21.2. The molecule has 1 aromatic heterocycles. The van der Waals surface area contributed by atoms with E-state index in [1.54, 1.807) is 6.20 Å². The van der Waals surface area contributed by atoms with Crippen LogP contribution < -0.4 is 5.32 Å². The molecule has 1 fully saturated rings. The van der Waals surface area contributed by atoms with E-state index in [1.165, 1.54) is 5.56 Å². The summed E-state index contributed by atoms with van der Waals surface area (Å²) in [6, 6.07) is 16.7. The van der Waals surface area contributed by atoms with E-state index in [2.05, 4.69) is 45.5 Å². The highest BCUT2D eigenvalue weighted by Gasteiger charge is 2.21. The Hall–Kier alpha value is -2.24. The Morgan fingerprint density at radius 3 is 2.81 bits per heavy atom. The smallest absolute Gasteiger partial charge is 0.234 e. The summed E-state index contributed by atoms with van der Waals surface area (Å²) in [5.74, 6) is 0.100. The maximum Gasteiger partial charge on any atom is 0.234 e. The standard InChI is InChI=1S/C22H30N4O/c1-25(16-20-10-5-6-13-23-20)18-22(27)24-21-11-7-14-26(17-21)15-12-19-8-3-2-4-9-19/h2-6,8-10,13,21H,7,11-12,14-18H2,1H3,(H,24,27). The van der Waals surface area contributed by atoms with E-state index in [-0.39, 0.29) is 11.9 Å². The van der Waals surface area contributed by atoms with E-state index < -0.39 is 0 Å². The number of carbonyl (C=O) groups excluding carboxylic acids is 1. The van der Waals surface area contributed by atoms with Crippen LogP contribution in [0.3, 0.4) is 0 Å². The summed E-state index contributed by atoms with van der Waals surface area (Å²) < 4.78 is 0. The van der Waals surface area contributed by atoms with Gasteiger partial charge in [0, 0.05) is 31.9 Å². The van der Waals surface area contributed by atoms with Crippen LogP contribution in [0, 0.1) is 0 Å². The average molecular weight is 367 g/mol. The van der Waals surface area contributed by atoms with Gasteiger partial charge in [-0.15, -0.1) is 0 Å². The molecule has 27 heavy (non-hydrogen) atoms. The van der Waals surface area contributed by atoms with Gasteiger partial charge in [-0.05, 0) is 50.6 Å². The number of amides is 1. The maximum absolute atomic E-state index is 12.4. The van der Waals surface area contributed by atoms with Gasteiger partial charge in [-0.1, -0.05) is 36.4 Å². The third-order valence-corrected chi connectivity index (χ3v) is 5.00. The number of piperidine rings is 1. The molecule has 2 heterocycles. The first-order valence-corrected chi connectivity index (χ1v) is 9.83. The van der Waals surface area contributed by atoms with Crippen LogP contribution >= 0.6 is 0 Å². The van der Waals surface area contributed by atoms with E-state index >= 15 is 0 Å². The zero-order valence-electron chi connectivity index (χ0n) is 16.2. The fraction of sp³-hybridized carbons (Fsp3) is 0.455. The maximum atomic E-state index is 12.4. The van der Waals surface area contributed by atoms with E-state index in [4.69, 9.17) is 0 Å². The molecule has 1 unspecified atom stereocenters. The first kappa shape index (κ1) is 19.5. The molecular weight excluding hydrogens is 336 g/mol. The van der Waals surface area contributed by atoms with Gasteiger partial charge < -0.3 is 10.2 Å². The zero-order valence-corrected chi connectivity index (χ0v) is 16.2. The molecule has 1 saturated heterocycles. The summed E-state index contributed by atoms with van der Waals surface area (Å²) in [6.45, 7) is 4.20. The van der Waals surface area contributed by atoms with Crippen LogP contribution in [-0.4, -0.2) is 60.0 Å². The highest BCUT2D eigenvalue weighted by atomic mass is 16.2. The van der Waals surface area contributed by atoms with Crippen molar-refractivity contribution < 1.29 is 4.79 Å². The zero-order chi connectivity index (χ0) is 18.9. The normalized spacial score (nSPS) is 17.8. The Labute approximate surface area is 162 Å². The van der Waals surface area contributed by atoms with Crippen LogP contribution in [0.15, 0.2) is 54.7 Å². The number of benzene rings is 1. The van der Waals surface area contributed by atoms with Crippen molar-refractivity contribution in [3.05, 3.63) is 66.0 Å². The van der Waals surface area contributed by atoms with Crippen molar-refractivity contribution in [2.24, 2.45) is 0 Å². The number of aromatic nitrogens is 1. The predicted octanol–water partition coefficient (Wildman–Crippen LogP) is 2.34. The first-order chi connectivity index (χ1) is 13.2. The van der Waals surface area contributed by atoms with E-state index in [0.717, 1.165) is 44.6 Å². The molecule has 1 aromatic carbocycles. The monoisotopic (exact) mass is 366 g/mol. The lowest BCUT2D eigenvalue weighted by atomic mass is 10.0. The second kappa shape index (κ2) is 10.2. The van der Waals surface area contributed by atoms with Gasteiger partial charge in [0.05, 0.1) is 12.2 Å². The summed E-state index contributed by atoms with van der Waals surface area (Å²) in [7, 11) is 1.96. The Kier molecular flexibility index (Phi) is 7.36. The van der Waals surface area contributed by atoms with Crippen LogP contribution in [0.2, 0.25) is 0 Å². The van der Waals surface area contributed by atoms with E-state index in [0.29, 0.717) is 13.1 Å². The fourth-order valence-corrected chi connectivity index (χ4v) is 3.65. The number of carbonyl (C=O) groups is 1. The highest BCUT2D eigenvalue weighted by molar-refractivity contribution is 5.78.